The lowest BCUT2D eigenvalue weighted by Crippen LogP contribution is -2.33. The molecule has 2 atom stereocenters. The maximum absolute atomic E-state index is 13.3. The number of aryl methyl sites for hydroxylation is 1. The van der Waals surface area contributed by atoms with Gasteiger partial charge < -0.3 is 4.90 Å². The molecule has 2 aliphatic rings. The lowest BCUT2D eigenvalue weighted by atomic mass is 10.0. The lowest BCUT2D eigenvalue weighted by Gasteiger charge is -2.21. The molecule has 4 nitrogen and oxygen atoms in total. The van der Waals surface area contributed by atoms with Gasteiger partial charge >= 0.3 is 0 Å². The molecule has 130 valence electrons. The van der Waals surface area contributed by atoms with E-state index in [1.165, 1.54) is 6.07 Å². The number of carbonyl (C=O) groups is 1. The number of benzene rings is 1. The quantitative estimate of drug-likeness (QED) is 0.863. The molecule has 1 aromatic carbocycles. The Labute approximate surface area is 147 Å². The van der Waals surface area contributed by atoms with Gasteiger partial charge in [-0.25, -0.2) is 4.39 Å². The average molecular weight is 339 g/mol. The third-order valence-corrected chi connectivity index (χ3v) is 5.30. The van der Waals surface area contributed by atoms with E-state index in [9.17, 15) is 9.18 Å². The molecular formula is C20H22FN3O. The van der Waals surface area contributed by atoms with Crippen LogP contribution in [0.3, 0.4) is 0 Å². The van der Waals surface area contributed by atoms with Crippen molar-refractivity contribution in [2.24, 2.45) is 11.8 Å². The molecule has 5 heteroatoms. The first-order valence-electron chi connectivity index (χ1n) is 8.77. The summed E-state index contributed by atoms with van der Waals surface area (Å²) in [6.07, 6.45) is 1.67. The summed E-state index contributed by atoms with van der Waals surface area (Å²) in [5.41, 5.74) is 2.60. The highest BCUT2D eigenvalue weighted by atomic mass is 19.1. The number of fused-ring (bicyclic) bond motifs is 1. The number of hydrogen-bond acceptors (Lipinski definition) is 3. The zero-order valence-electron chi connectivity index (χ0n) is 14.4. The standard InChI is InChI=1S/C20H22FN3O/c1-14-5-6-16(8-22-14)20(25)24-12-17-10-23(11-18(17)13-24)9-15-3-2-4-19(21)7-15/h2-8,17-18H,9-13H2,1H3/t17-,18+. The molecule has 0 unspecified atom stereocenters. The zero-order valence-corrected chi connectivity index (χ0v) is 14.4. The Morgan fingerprint density at radius 1 is 1.16 bits per heavy atom. The average Bonchev–Trinajstić information content (AvgIpc) is 3.13. The van der Waals surface area contributed by atoms with Gasteiger partial charge in [-0.1, -0.05) is 12.1 Å². The van der Waals surface area contributed by atoms with Crippen LogP contribution in [0.4, 0.5) is 4.39 Å². The Balaban J connectivity index is 1.36. The number of pyridine rings is 1. The van der Waals surface area contributed by atoms with E-state index in [-0.39, 0.29) is 11.7 Å². The molecule has 3 heterocycles. The Morgan fingerprint density at radius 3 is 2.56 bits per heavy atom. The molecule has 0 N–H and O–H groups in total. The van der Waals surface area contributed by atoms with Gasteiger partial charge in [0.1, 0.15) is 5.82 Å². The van der Waals surface area contributed by atoms with Gasteiger partial charge in [0.25, 0.3) is 5.91 Å². The van der Waals surface area contributed by atoms with E-state index in [2.05, 4.69) is 9.88 Å². The van der Waals surface area contributed by atoms with Crippen molar-refractivity contribution in [1.29, 1.82) is 0 Å². The number of aromatic nitrogens is 1. The van der Waals surface area contributed by atoms with Gasteiger partial charge in [-0.3, -0.25) is 14.7 Å². The summed E-state index contributed by atoms with van der Waals surface area (Å²) in [7, 11) is 0. The number of hydrogen-bond donors (Lipinski definition) is 0. The van der Waals surface area contributed by atoms with Crippen molar-refractivity contribution in [3.8, 4) is 0 Å². The number of halogens is 1. The smallest absolute Gasteiger partial charge is 0.255 e. The lowest BCUT2D eigenvalue weighted by molar-refractivity contribution is 0.0773. The number of carbonyl (C=O) groups excluding carboxylic acids is 1. The van der Waals surface area contributed by atoms with Crippen molar-refractivity contribution in [2.75, 3.05) is 26.2 Å². The van der Waals surface area contributed by atoms with E-state index in [1.807, 2.05) is 30.0 Å². The summed E-state index contributed by atoms with van der Waals surface area (Å²) in [6, 6.07) is 10.6. The predicted octanol–water partition coefficient (Wildman–Crippen LogP) is 2.73. The highest BCUT2D eigenvalue weighted by Crippen LogP contribution is 2.32. The Bertz CT molecular complexity index is 763. The minimum Gasteiger partial charge on any atom is -0.338 e. The zero-order chi connectivity index (χ0) is 17.4. The highest BCUT2D eigenvalue weighted by Gasteiger charge is 2.41. The first-order valence-corrected chi connectivity index (χ1v) is 8.77. The van der Waals surface area contributed by atoms with Gasteiger partial charge in [-0.2, -0.15) is 0 Å². The van der Waals surface area contributed by atoms with Gasteiger partial charge in [0.15, 0.2) is 0 Å². The highest BCUT2D eigenvalue weighted by molar-refractivity contribution is 5.94. The summed E-state index contributed by atoms with van der Waals surface area (Å²) in [4.78, 5) is 21.2. The Hall–Kier alpha value is -2.27. The maximum Gasteiger partial charge on any atom is 0.255 e. The van der Waals surface area contributed by atoms with Crippen LogP contribution in [-0.4, -0.2) is 46.9 Å². The number of nitrogens with zero attached hydrogens (tertiary/aromatic N) is 3. The monoisotopic (exact) mass is 339 g/mol. The normalized spacial score (nSPS) is 23.0. The van der Waals surface area contributed by atoms with E-state index in [1.54, 1.807) is 18.3 Å². The van der Waals surface area contributed by atoms with Crippen molar-refractivity contribution in [3.63, 3.8) is 0 Å². The van der Waals surface area contributed by atoms with Crippen molar-refractivity contribution >= 4 is 5.91 Å². The Morgan fingerprint density at radius 2 is 1.92 bits per heavy atom. The van der Waals surface area contributed by atoms with Crippen molar-refractivity contribution in [3.05, 3.63) is 65.2 Å². The first-order chi connectivity index (χ1) is 12.1. The maximum atomic E-state index is 13.3. The van der Waals surface area contributed by atoms with Crippen LogP contribution in [0.5, 0.6) is 0 Å². The van der Waals surface area contributed by atoms with E-state index in [0.29, 0.717) is 17.4 Å². The Kier molecular flexibility index (Phi) is 4.25. The molecule has 2 aliphatic heterocycles. The van der Waals surface area contributed by atoms with E-state index >= 15 is 0 Å². The van der Waals surface area contributed by atoms with Crippen LogP contribution in [0.1, 0.15) is 21.6 Å². The van der Waals surface area contributed by atoms with Crippen LogP contribution in [0.25, 0.3) is 0 Å². The van der Waals surface area contributed by atoms with Gasteiger partial charge in [-0.15, -0.1) is 0 Å². The molecule has 0 aliphatic carbocycles. The molecule has 25 heavy (non-hydrogen) atoms. The fourth-order valence-electron chi connectivity index (χ4n) is 4.06. The van der Waals surface area contributed by atoms with Crippen LogP contribution in [0.2, 0.25) is 0 Å². The molecule has 0 saturated carbocycles. The third kappa shape index (κ3) is 3.42. The van der Waals surface area contributed by atoms with Crippen molar-refractivity contribution in [1.82, 2.24) is 14.8 Å². The largest absolute Gasteiger partial charge is 0.338 e. The molecule has 0 radical (unpaired) electrons. The fourth-order valence-corrected chi connectivity index (χ4v) is 4.06. The van der Waals surface area contributed by atoms with Gasteiger partial charge in [-0.05, 0) is 48.6 Å². The number of rotatable bonds is 3. The van der Waals surface area contributed by atoms with Crippen molar-refractivity contribution in [2.45, 2.75) is 13.5 Å². The van der Waals surface area contributed by atoms with Crippen LogP contribution < -0.4 is 0 Å². The number of likely N-dealkylation sites (tertiary alicyclic amines) is 2. The predicted molar refractivity (Wildman–Crippen MR) is 93.5 cm³/mol. The van der Waals surface area contributed by atoms with Crippen LogP contribution in [-0.2, 0) is 6.54 Å². The summed E-state index contributed by atoms with van der Waals surface area (Å²) >= 11 is 0. The number of amides is 1. The summed E-state index contributed by atoms with van der Waals surface area (Å²) in [6.45, 7) is 6.24. The molecule has 2 aromatic rings. The van der Waals surface area contributed by atoms with Gasteiger partial charge in [0.05, 0.1) is 5.56 Å². The molecule has 0 spiro atoms. The van der Waals surface area contributed by atoms with Crippen LogP contribution in [0, 0.1) is 24.6 Å². The molecule has 1 amide bonds. The van der Waals surface area contributed by atoms with Crippen LogP contribution in [0.15, 0.2) is 42.6 Å². The molecule has 2 fully saturated rings. The second-order valence-electron chi connectivity index (χ2n) is 7.24. The van der Waals surface area contributed by atoms with E-state index in [0.717, 1.165) is 44.0 Å². The summed E-state index contributed by atoms with van der Waals surface area (Å²) in [5, 5.41) is 0. The van der Waals surface area contributed by atoms with Crippen LogP contribution >= 0.6 is 0 Å². The van der Waals surface area contributed by atoms with E-state index < -0.39 is 0 Å². The van der Waals surface area contributed by atoms with Gasteiger partial charge in [0.2, 0.25) is 0 Å². The minimum atomic E-state index is -0.180. The topological polar surface area (TPSA) is 36.4 Å². The SMILES string of the molecule is Cc1ccc(C(=O)N2C[C@H]3CN(Cc4cccc(F)c4)C[C@H]3C2)cn1. The summed E-state index contributed by atoms with van der Waals surface area (Å²) < 4.78 is 13.3. The fraction of sp³-hybridized carbons (Fsp3) is 0.400. The first kappa shape index (κ1) is 16.2. The van der Waals surface area contributed by atoms with Gasteiger partial charge in [0, 0.05) is 44.6 Å². The molecule has 4 rings (SSSR count). The van der Waals surface area contributed by atoms with E-state index in [4.69, 9.17) is 0 Å². The summed E-state index contributed by atoms with van der Waals surface area (Å²) in [5.74, 6) is 0.922. The third-order valence-electron chi connectivity index (χ3n) is 5.30. The molecule has 1 aromatic heterocycles. The minimum absolute atomic E-state index is 0.0820. The van der Waals surface area contributed by atoms with Crippen molar-refractivity contribution < 1.29 is 9.18 Å². The molecule has 2 saturated heterocycles. The molecular weight excluding hydrogens is 317 g/mol. The molecule has 0 bridgehead atoms. The second-order valence-corrected chi connectivity index (χ2v) is 7.24. The second kappa shape index (κ2) is 6.56.